The zero-order valence-corrected chi connectivity index (χ0v) is 29.5. The monoisotopic (exact) mass is 672 g/mol. The fourth-order valence-corrected chi connectivity index (χ4v) is 5.89. The van der Waals surface area contributed by atoms with Crippen molar-refractivity contribution in [2.24, 2.45) is 10.4 Å². The minimum absolute atomic E-state index is 0. The molecule has 1 aliphatic rings. The highest BCUT2D eigenvalue weighted by Crippen LogP contribution is 2.34. The lowest BCUT2D eigenvalue weighted by atomic mass is 9.76. The zero-order valence-electron chi connectivity index (χ0n) is 27.0. The number of carbonyl (C=O) groups excluding carboxylic acids is 1. The summed E-state index contributed by atoms with van der Waals surface area (Å²) in [6.07, 6.45) is 20.8. The van der Waals surface area contributed by atoms with E-state index in [9.17, 15) is 4.79 Å². The van der Waals surface area contributed by atoms with Crippen molar-refractivity contribution in [1.29, 1.82) is 0 Å². The van der Waals surface area contributed by atoms with Gasteiger partial charge in [-0.1, -0.05) is 120 Å². The molecule has 0 spiro atoms. The number of rotatable bonds is 19. The number of dihydropyridines is 1. The number of hydrogen-bond acceptors (Lipinski definition) is 3. The molecule has 0 fully saturated rings. The van der Waals surface area contributed by atoms with E-state index in [1.807, 2.05) is 36.5 Å². The lowest BCUT2D eigenvalue weighted by molar-refractivity contribution is -0.116. The highest BCUT2D eigenvalue weighted by molar-refractivity contribution is 8.93. The number of nitrogens with zero attached hydrogens (tertiary/aromatic N) is 2. The SMILES string of the molecule is Br.CCCCCCCCCCCCCCOc1ccc(CN(C(C)=O)c2ccc(CC3(C)CN=CC=C3C)cc2)cc1Cl. The number of hydrogen-bond donors (Lipinski definition) is 0. The van der Waals surface area contributed by atoms with Crippen molar-refractivity contribution < 1.29 is 9.53 Å². The topological polar surface area (TPSA) is 41.9 Å². The van der Waals surface area contributed by atoms with Gasteiger partial charge in [-0.2, -0.15) is 0 Å². The largest absolute Gasteiger partial charge is 0.492 e. The Labute approximate surface area is 277 Å². The van der Waals surface area contributed by atoms with Crippen LogP contribution in [0, 0.1) is 5.41 Å². The van der Waals surface area contributed by atoms with E-state index in [1.165, 1.54) is 81.8 Å². The Hall–Kier alpha value is -2.11. The summed E-state index contributed by atoms with van der Waals surface area (Å²) in [4.78, 5) is 18.9. The van der Waals surface area contributed by atoms with Gasteiger partial charge in [0.05, 0.1) is 18.2 Å². The Bertz CT molecular complexity index is 1160. The average molecular weight is 674 g/mol. The molecule has 1 aliphatic heterocycles. The number of aliphatic imine (C=N–C) groups is 1. The standard InChI is InChI=1S/C37H53ClN2O2.BrH/c1-5-6-7-8-9-10-11-12-13-14-15-16-25-42-36-22-19-33(26-35(36)38)28-40(31(3)41)34-20-17-32(18-21-34)27-37(4)29-39-24-23-30(37)2;/h17-24,26H,5-16,25,27-29H2,1-4H3;1H. The molecule has 3 rings (SSSR count). The lowest BCUT2D eigenvalue weighted by Gasteiger charge is -2.31. The maximum Gasteiger partial charge on any atom is 0.224 e. The van der Waals surface area contributed by atoms with E-state index < -0.39 is 0 Å². The molecule has 4 nitrogen and oxygen atoms in total. The summed E-state index contributed by atoms with van der Waals surface area (Å²) in [7, 11) is 0. The second kappa shape index (κ2) is 20.0. The lowest BCUT2D eigenvalue weighted by Crippen LogP contribution is -2.28. The first-order chi connectivity index (χ1) is 20.3. The van der Waals surface area contributed by atoms with Crippen LogP contribution < -0.4 is 9.64 Å². The van der Waals surface area contributed by atoms with Gasteiger partial charge in [0.15, 0.2) is 0 Å². The van der Waals surface area contributed by atoms with Gasteiger partial charge in [0.1, 0.15) is 5.75 Å². The molecular formula is C37H54BrClN2O2. The molecule has 0 aliphatic carbocycles. The summed E-state index contributed by atoms with van der Waals surface area (Å²) in [5.74, 6) is 0.714. The highest BCUT2D eigenvalue weighted by atomic mass is 79.9. The smallest absolute Gasteiger partial charge is 0.224 e. The van der Waals surface area contributed by atoms with E-state index in [-0.39, 0.29) is 28.3 Å². The summed E-state index contributed by atoms with van der Waals surface area (Å²) in [6.45, 7) is 10.3. The van der Waals surface area contributed by atoms with Gasteiger partial charge in [0.25, 0.3) is 0 Å². The van der Waals surface area contributed by atoms with Crippen molar-refractivity contribution in [2.75, 3.05) is 18.1 Å². The van der Waals surface area contributed by atoms with Crippen LogP contribution in [0.2, 0.25) is 5.02 Å². The summed E-state index contributed by atoms with van der Waals surface area (Å²) in [5.41, 5.74) is 4.49. The number of anilines is 1. The van der Waals surface area contributed by atoms with Gasteiger partial charge in [0.2, 0.25) is 5.91 Å². The summed E-state index contributed by atoms with van der Waals surface area (Å²) < 4.78 is 5.99. The summed E-state index contributed by atoms with van der Waals surface area (Å²) in [5, 5.41) is 0.595. The number of carbonyl (C=O) groups is 1. The molecule has 0 aromatic heterocycles. The quantitative estimate of drug-likeness (QED) is 0.139. The Morgan fingerprint density at radius 1 is 0.907 bits per heavy atom. The van der Waals surface area contributed by atoms with Crippen molar-refractivity contribution >= 4 is 46.4 Å². The maximum absolute atomic E-state index is 12.6. The van der Waals surface area contributed by atoms with Gasteiger partial charge in [0, 0.05) is 30.8 Å². The molecule has 6 heteroatoms. The predicted molar refractivity (Wildman–Crippen MR) is 191 cm³/mol. The van der Waals surface area contributed by atoms with E-state index in [0.29, 0.717) is 23.9 Å². The molecule has 1 atom stereocenters. The molecule has 0 radical (unpaired) electrons. The Morgan fingerprint density at radius 3 is 2.05 bits per heavy atom. The molecule has 0 saturated carbocycles. The van der Waals surface area contributed by atoms with Crippen molar-refractivity contribution in [3.05, 3.63) is 70.3 Å². The van der Waals surface area contributed by atoms with Crippen LogP contribution in [0.3, 0.4) is 0 Å². The molecule has 238 valence electrons. The second-order valence-corrected chi connectivity index (χ2v) is 12.8. The van der Waals surface area contributed by atoms with E-state index >= 15 is 0 Å². The van der Waals surface area contributed by atoms with E-state index in [1.54, 1.807) is 11.8 Å². The molecular weight excluding hydrogens is 620 g/mol. The van der Waals surface area contributed by atoms with Crippen LogP contribution >= 0.6 is 28.6 Å². The van der Waals surface area contributed by atoms with Crippen LogP contribution in [0.25, 0.3) is 0 Å². The maximum atomic E-state index is 12.6. The first kappa shape index (κ1) is 37.1. The molecule has 0 saturated heterocycles. The first-order valence-electron chi connectivity index (χ1n) is 16.3. The summed E-state index contributed by atoms with van der Waals surface area (Å²) in [6, 6.07) is 14.2. The van der Waals surface area contributed by atoms with E-state index in [4.69, 9.17) is 16.3 Å². The van der Waals surface area contributed by atoms with Crippen LogP contribution in [0.1, 0.15) is 116 Å². The minimum Gasteiger partial charge on any atom is -0.492 e. The number of unbranched alkanes of at least 4 members (excludes halogenated alkanes) is 11. The van der Waals surface area contributed by atoms with Gasteiger partial charge < -0.3 is 9.64 Å². The minimum atomic E-state index is -0.00136. The number of amides is 1. The number of benzene rings is 2. The number of halogens is 2. The normalized spacial score (nSPS) is 16.0. The van der Waals surface area contributed by atoms with Crippen LogP contribution in [0.5, 0.6) is 5.75 Å². The Morgan fingerprint density at radius 2 is 1.49 bits per heavy atom. The first-order valence-corrected chi connectivity index (χ1v) is 16.7. The molecule has 2 aromatic carbocycles. The fraction of sp³-hybridized carbons (Fsp3) is 0.568. The third-order valence-corrected chi connectivity index (χ3v) is 8.93. The van der Waals surface area contributed by atoms with Gasteiger partial charge in [-0.25, -0.2) is 0 Å². The molecule has 43 heavy (non-hydrogen) atoms. The van der Waals surface area contributed by atoms with Crippen molar-refractivity contribution in [2.45, 2.75) is 118 Å². The Balaban J connectivity index is 0.00000645. The highest BCUT2D eigenvalue weighted by Gasteiger charge is 2.28. The average Bonchev–Trinajstić information content (AvgIpc) is 2.97. The molecule has 0 N–H and O–H groups in total. The predicted octanol–water partition coefficient (Wildman–Crippen LogP) is 11.1. The third kappa shape index (κ3) is 12.8. The number of ether oxygens (including phenoxy) is 1. The molecule has 1 unspecified atom stereocenters. The van der Waals surface area contributed by atoms with Gasteiger partial charge in [-0.05, 0) is 61.2 Å². The van der Waals surface area contributed by atoms with Crippen LogP contribution in [0.4, 0.5) is 5.69 Å². The van der Waals surface area contributed by atoms with E-state index in [0.717, 1.165) is 30.6 Å². The third-order valence-electron chi connectivity index (χ3n) is 8.64. The van der Waals surface area contributed by atoms with Crippen LogP contribution in [0.15, 0.2) is 59.1 Å². The Kier molecular flexibility index (Phi) is 17.3. The van der Waals surface area contributed by atoms with Crippen LogP contribution in [-0.2, 0) is 17.8 Å². The number of allylic oxidation sites excluding steroid dienone is 1. The van der Waals surface area contributed by atoms with Crippen molar-refractivity contribution in [3.63, 3.8) is 0 Å². The van der Waals surface area contributed by atoms with E-state index in [2.05, 4.69) is 44.0 Å². The van der Waals surface area contributed by atoms with Gasteiger partial charge in [-0.15, -0.1) is 17.0 Å². The molecule has 1 heterocycles. The van der Waals surface area contributed by atoms with Gasteiger partial charge in [-0.3, -0.25) is 9.79 Å². The molecule has 2 aromatic rings. The van der Waals surface area contributed by atoms with Crippen LogP contribution in [-0.4, -0.2) is 25.3 Å². The molecule has 0 bridgehead atoms. The van der Waals surface area contributed by atoms with Gasteiger partial charge >= 0.3 is 0 Å². The van der Waals surface area contributed by atoms with Crippen molar-refractivity contribution in [1.82, 2.24) is 0 Å². The fourth-order valence-electron chi connectivity index (χ4n) is 5.64. The summed E-state index contributed by atoms with van der Waals surface area (Å²) >= 11 is 6.58. The molecule has 1 amide bonds. The van der Waals surface area contributed by atoms with Crippen molar-refractivity contribution in [3.8, 4) is 5.75 Å². The zero-order chi connectivity index (χ0) is 30.2. The second-order valence-electron chi connectivity index (χ2n) is 12.4.